The van der Waals surface area contributed by atoms with Crippen molar-refractivity contribution in [2.45, 2.75) is 42.4 Å². The van der Waals surface area contributed by atoms with Gasteiger partial charge in [-0.15, -0.1) is 0 Å². The van der Waals surface area contributed by atoms with E-state index in [-0.39, 0.29) is 39.5 Å². The second-order valence-corrected chi connectivity index (χ2v) is 11.7. The first-order valence-electron chi connectivity index (χ1n) is 13.0. The number of halogens is 7. The number of hydrogen-bond acceptors (Lipinski definition) is 5. The van der Waals surface area contributed by atoms with Gasteiger partial charge in [0.2, 0.25) is 5.91 Å². The number of alkyl halides is 6. The summed E-state index contributed by atoms with van der Waals surface area (Å²) in [5.41, 5.74) is -3.78. The fourth-order valence-electron chi connectivity index (χ4n) is 5.10. The van der Waals surface area contributed by atoms with Crippen LogP contribution in [-0.4, -0.2) is 73.1 Å². The van der Waals surface area contributed by atoms with Crippen molar-refractivity contribution in [3.63, 3.8) is 0 Å². The molecular weight excluding hydrogens is 578 g/mol. The maximum absolute atomic E-state index is 13.1. The summed E-state index contributed by atoms with van der Waals surface area (Å²) in [4.78, 5) is 19.1. The molecule has 0 saturated carbocycles. The third-order valence-corrected chi connectivity index (χ3v) is 8.45. The summed E-state index contributed by atoms with van der Waals surface area (Å²) in [5.74, 6) is -0.140. The predicted octanol–water partition coefficient (Wildman–Crippen LogP) is 6.83. The topological polar surface area (TPSA) is 38.8 Å². The molecule has 0 spiro atoms. The normalized spacial score (nSPS) is 18.6. The van der Waals surface area contributed by atoms with E-state index in [2.05, 4.69) is 10.2 Å². The lowest BCUT2D eigenvalue weighted by Crippen LogP contribution is -2.50. The first kappa shape index (κ1) is 30.6. The van der Waals surface area contributed by atoms with Crippen molar-refractivity contribution in [2.24, 2.45) is 5.92 Å². The van der Waals surface area contributed by atoms with E-state index in [9.17, 15) is 31.1 Å². The lowest BCUT2D eigenvalue weighted by atomic mass is 10.0. The Bertz CT molecular complexity index is 1150. The van der Waals surface area contributed by atoms with Crippen molar-refractivity contribution >= 4 is 40.6 Å². The lowest BCUT2D eigenvalue weighted by Gasteiger charge is -2.38. The number of nitrogens with one attached hydrogen (secondary N) is 1. The SMILES string of the molecule is CC(CN1CCN(c2ccc(C(F)(F)F)cc2)CC1)C(=O)N1CCC(Nc2ccc(Cl)c(SC(F)(F)F)c2)CC1. The molecule has 13 heteroatoms. The van der Waals surface area contributed by atoms with Crippen LogP contribution in [0, 0.1) is 5.92 Å². The molecule has 2 fully saturated rings. The molecule has 5 nitrogen and oxygen atoms in total. The van der Waals surface area contributed by atoms with Crippen LogP contribution in [-0.2, 0) is 11.0 Å². The third kappa shape index (κ3) is 8.36. The van der Waals surface area contributed by atoms with E-state index in [1.54, 1.807) is 6.07 Å². The molecule has 2 heterocycles. The number of carbonyl (C=O) groups excluding carboxylic acids is 1. The number of nitrogens with zero attached hydrogens (tertiary/aromatic N) is 3. The lowest BCUT2D eigenvalue weighted by molar-refractivity contribution is -0.138. The minimum atomic E-state index is -4.43. The molecule has 2 aromatic carbocycles. The molecule has 0 aliphatic carbocycles. The molecule has 1 unspecified atom stereocenters. The predicted molar refractivity (Wildman–Crippen MR) is 146 cm³/mol. The molecule has 2 aliphatic heterocycles. The van der Waals surface area contributed by atoms with Gasteiger partial charge < -0.3 is 15.1 Å². The van der Waals surface area contributed by atoms with Crippen molar-refractivity contribution in [3.05, 3.63) is 53.1 Å². The van der Waals surface area contributed by atoms with Gasteiger partial charge in [-0.1, -0.05) is 18.5 Å². The Morgan fingerprint density at radius 2 is 1.60 bits per heavy atom. The fraction of sp³-hybridized carbons (Fsp3) is 0.519. The molecule has 40 heavy (non-hydrogen) atoms. The molecule has 1 atom stereocenters. The molecule has 0 radical (unpaired) electrons. The second kappa shape index (κ2) is 12.7. The van der Waals surface area contributed by atoms with E-state index >= 15 is 0 Å². The van der Waals surface area contributed by atoms with Gasteiger partial charge in [0.15, 0.2) is 0 Å². The van der Waals surface area contributed by atoms with Crippen LogP contribution in [0.1, 0.15) is 25.3 Å². The Balaban J connectivity index is 1.20. The first-order chi connectivity index (χ1) is 18.8. The smallest absolute Gasteiger partial charge is 0.382 e. The molecule has 2 saturated heterocycles. The molecule has 220 valence electrons. The highest BCUT2D eigenvalue weighted by atomic mass is 35.5. The quantitative estimate of drug-likeness (QED) is 0.276. The number of thioether (sulfide) groups is 1. The van der Waals surface area contributed by atoms with Gasteiger partial charge in [-0.2, -0.15) is 26.3 Å². The monoisotopic (exact) mass is 608 g/mol. The number of anilines is 2. The zero-order valence-corrected chi connectivity index (χ0v) is 23.4. The highest BCUT2D eigenvalue weighted by Gasteiger charge is 2.32. The third-order valence-electron chi connectivity index (χ3n) is 7.22. The summed E-state index contributed by atoms with van der Waals surface area (Å²) < 4.78 is 76.8. The Morgan fingerprint density at radius 1 is 0.975 bits per heavy atom. The van der Waals surface area contributed by atoms with Crippen molar-refractivity contribution in [1.29, 1.82) is 0 Å². The largest absolute Gasteiger partial charge is 0.446 e. The summed E-state index contributed by atoms with van der Waals surface area (Å²) in [6.45, 7) is 6.36. The molecule has 1 amide bonds. The van der Waals surface area contributed by atoms with E-state index in [1.807, 2.05) is 16.7 Å². The van der Waals surface area contributed by atoms with Gasteiger partial charge in [0.05, 0.1) is 10.6 Å². The summed E-state index contributed by atoms with van der Waals surface area (Å²) >= 11 is 5.68. The molecule has 1 N–H and O–H groups in total. The van der Waals surface area contributed by atoms with Gasteiger partial charge in [-0.3, -0.25) is 9.69 Å². The molecule has 0 aromatic heterocycles. The van der Waals surface area contributed by atoms with Gasteiger partial charge >= 0.3 is 11.7 Å². The van der Waals surface area contributed by atoms with Crippen LogP contribution >= 0.6 is 23.4 Å². The molecule has 4 rings (SSSR count). The van der Waals surface area contributed by atoms with E-state index in [1.165, 1.54) is 24.3 Å². The van der Waals surface area contributed by atoms with Crippen LogP contribution in [0.3, 0.4) is 0 Å². The Labute approximate surface area is 238 Å². The summed E-state index contributed by atoms with van der Waals surface area (Å²) in [6.07, 6.45) is -3.01. The summed E-state index contributed by atoms with van der Waals surface area (Å²) in [5, 5.41) is 3.32. The number of rotatable bonds is 7. The second-order valence-electron chi connectivity index (χ2n) is 10.2. The number of amides is 1. The number of carbonyl (C=O) groups is 1. The van der Waals surface area contributed by atoms with E-state index < -0.39 is 17.2 Å². The van der Waals surface area contributed by atoms with Crippen molar-refractivity contribution in [3.8, 4) is 0 Å². The van der Waals surface area contributed by atoms with Crippen LogP contribution in [0.2, 0.25) is 5.02 Å². The maximum atomic E-state index is 13.1. The number of hydrogen-bond donors (Lipinski definition) is 1. The molecule has 2 aliphatic rings. The number of likely N-dealkylation sites (tertiary alicyclic amines) is 1. The van der Waals surface area contributed by atoms with Gasteiger partial charge in [0, 0.05) is 74.0 Å². The standard InChI is InChI=1S/C27H31ClF6N4OS/c1-18(17-36-12-14-37(15-13-36)22-5-2-19(3-6-22)26(29,30)31)25(39)38-10-8-20(9-11-38)35-21-4-7-23(28)24(16-21)40-27(32,33)34/h2-7,16,18,20,35H,8-15,17H2,1H3. The van der Waals surface area contributed by atoms with Crippen LogP contribution in [0.25, 0.3) is 0 Å². The molecular formula is C27H31ClF6N4OS. The van der Waals surface area contributed by atoms with Crippen LogP contribution in [0.5, 0.6) is 0 Å². The van der Waals surface area contributed by atoms with Gasteiger partial charge in [-0.25, -0.2) is 0 Å². The summed E-state index contributed by atoms with van der Waals surface area (Å²) in [7, 11) is 0. The zero-order valence-electron chi connectivity index (χ0n) is 21.9. The van der Waals surface area contributed by atoms with Crippen LogP contribution < -0.4 is 10.2 Å². The molecule has 2 aromatic rings. The van der Waals surface area contributed by atoms with Crippen LogP contribution in [0.15, 0.2) is 47.4 Å². The minimum Gasteiger partial charge on any atom is -0.382 e. The number of piperazine rings is 1. The summed E-state index contributed by atoms with van der Waals surface area (Å²) in [6, 6.07) is 9.72. The van der Waals surface area contributed by atoms with E-state index in [4.69, 9.17) is 11.6 Å². The van der Waals surface area contributed by atoms with Crippen molar-refractivity contribution in [2.75, 3.05) is 56.0 Å². The van der Waals surface area contributed by atoms with Crippen molar-refractivity contribution in [1.82, 2.24) is 9.80 Å². The molecule has 0 bridgehead atoms. The Hall–Kier alpha value is -2.31. The van der Waals surface area contributed by atoms with Gasteiger partial charge in [-0.05, 0) is 67.1 Å². The Morgan fingerprint density at radius 3 is 2.17 bits per heavy atom. The van der Waals surface area contributed by atoms with E-state index in [0.717, 1.165) is 17.8 Å². The fourth-order valence-corrected chi connectivity index (χ4v) is 5.94. The first-order valence-corrected chi connectivity index (χ1v) is 14.2. The maximum Gasteiger partial charge on any atom is 0.446 e. The minimum absolute atomic E-state index is 0.0301. The van der Waals surface area contributed by atoms with Gasteiger partial charge in [0.1, 0.15) is 0 Å². The van der Waals surface area contributed by atoms with Gasteiger partial charge in [0.25, 0.3) is 0 Å². The Kier molecular flexibility index (Phi) is 9.72. The van der Waals surface area contributed by atoms with E-state index in [0.29, 0.717) is 64.3 Å². The highest BCUT2D eigenvalue weighted by molar-refractivity contribution is 8.00. The van der Waals surface area contributed by atoms with Crippen LogP contribution in [0.4, 0.5) is 37.7 Å². The number of piperidine rings is 1. The zero-order chi connectivity index (χ0) is 29.1. The average Bonchev–Trinajstić information content (AvgIpc) is 2.90. The average molecular weight is 609 g/mol. The van der Waals surface area contributed by atoms with Crippen molar-refractivity contribution < 1.29 is 31.1 Å². The number of benzene rings is 2. The highest BCUT2D eigenvalue weighted by Crippen LogP contribution is 2.41.